The molecular formula is C13H17FN2O3. The normalized spacial score (nSPS) is 12.0. The van der Waals surface area contributed by atoms with Gasteiger partial charge >= 0.3 is 0 Å². The molecule has 0 spiro atoms. The van der Waals surface area contributed by atoms with Crippen molar-refractivity contribution in [1.82, 2.24) is 4.90 Å². The fraction of sp³-hybridized carbons (Fsp3) is 0.462. The number of carbonyl (C=O) groups excluding carboxylic acids is 1. The first-order chi connectivity index (χ1) is 8.92. The molecular weight excluding hydrogens is 251 g/mol. The lowest BCUT2D eigenvalue weighted by Gasteiger charge is -2.27. The zero-order valence-electron chi connectivity index (χ0n) is 11.2. The molecule has 0 bridgehead atoms. The van der Waals surface area contributed by atoms with Gasteiger partial charge in [-0.05, 0) is 26.3 Å². The van der Waals surface area contributed by atoms with Gasteiger partial charge in [0.25, 0.3) is 11.6 Å². The number of non-ortho nitro benzene ring substituents is 1. The van der Waals surface area contributed by atoms with E-state index in [1.54, 1.807) is 6.92 Å². The van der Waals surface area contributed by atoms with Crippen LogP contribution in [0.15, 0.2) is 18.2 Å². The van der Waals surface area contributed by atoms with E-state index in [4.69, 9.17) is 0 Å². The monoisotopic (exact) mass is 268 g/mol. The van der Waals surface area contributed by atoms with Gasteiger partial charge < -0.3 is 4.90 Å². The second-order valence-electron chi connectivity index (χ2n) is 4.27. The Morgan fingerprint density at radius 1 is 1.47 bits per heavy atom. The minimum atomic E-state index is -0.739. The van der Waals surface area contributed by atoms with E-state index in [2.05, 4.69) is 0 Å². The van der Waals surface area contributed by atoms with Crippen LogP contribution in [0.25, 0.3) is 0 Å². The smallest absolute Gasteiger partial charge is 0.270 e. The first-order valence-electron chi connectivity index (χ1n) is 6.17. The zero-order valence-corrected chi connectivity index (χ0v) is 11.2. The van der Waals surface area contributed by atoms with Gasteiger partial charge in [-0.25, -0.2) is 4.39 Å². The molecule has 1 aromatic carbocycles. The molecule has 1 atom stereocenters. The van der Waals surface area contributed by atoms with Gasteiger partial charge in [-0.2, -0.15) is 0 Å². The van der Waals surface area contributed by atoms with E-state index in [-0.39, 0.29) is 17.3 Å². The molecule has 0 saturated heterocycles. The summed E-state index contributed by atoms with van der Waals surface area (Å²) in [6.07, 6.45) is 0.732. The number of carbonyl (C=O) groups is 1. The van der Waals surface area contributed by atoms with Gasteiger partial charge in [-0.3, -0.25) is 14.9 Å². The van der Waals surface area contributed by atoms with E-state index in [0.717, 1.165) is 24.6 Å². The van der Waals surface area contributed by atoms with E-state index in [1.165, 1.54) is 4.90 Å². The fourth-order valence-electron chi connectivity index (χ4n) is 1.82. The van der Waals surface area contributed by atoms with Gasteiger partial charge in [-0.15, -0.1) is 0 Å². The van der Waals surface area contributed by atoms with Crippen LogP contribution in [0.4, 0.5) is 10.1 Å². The number of hydrogen-bond acceptors (Lipinski definition) is 3. The molecule has 6 heteroatoms. The van der Waals surface area contributed by atoms with Crippen molar-refractivity contribution in [3.05, 3.63) is 39.7 Å². The molecule has 0 aliphatic rings. The quantitative estimate of drug-likeness (QED) is 0.609. The van der Waals surface area contributed by atoms with Crippen LogP contribution >= 0.6 is 0 Å². The predicted molar refractivity (Wildman–Crippen MR) is 69.5 cm³/mol. The highest BCUT2D eigenvalue weighted by Crippen LogP contribution is 2.19. The molecule has 5 nitrogen and oxygen atoms in total. The second-order valence-corrected chi connectivity index (χ2v) is 4.27. The Balaban J connectivity index is 3.17. The summed E-state index contributed by atoms with van der Waals surface area (Å²) in [6, 6.07) is 2.95. The third-order valence-electron chi connectivity index (χ3n) is 3.12. The third kappa shape index (κ3) is 3.27. The van der Waals surface area contributed by atoms with Gasteiger partial charge in [0, 0.05) is 24.7 Å². The standard InChI is InChI=1S/C13H17FN2O3/c1-4-9(3)15(5-2)13(17)11-8-10(16(18)19)6-7-12(11)14/h6-9H,4-5H2,1-3H3. The van der Waals surface area contributed by atoms with Crippen molar-refractivity contribution < 1.29 is 14.1 Å². The number of halogens is 1. The van der Waals surface area contributed by atoms with E-state index in [9.17, 15) is 19.3 Å². The summed E-state index contributed by atoms with van der Waals surface area (Å²) >= 11 is 0. The van der Waals surface area contributed by atoms with E-state index < -0.39 is 16.6 Å². The predicted octanol–water partition coefficient (Wildman–Crippen LogP) is 2.99. The molecule has 0 aliphatic carbocycles. The molecule has 0 radical (unpaired) electrons. The van der Waals surface area contributed by atoms with Crippen LogP contribution in [0.3, 0.4) is 0 Å². The van der Waals surface area contributed by atoms with Crippen LogP contribution in [-0.4, -0.2) is 28.3 Å². The lowest BCUT2D eigenvalue weighted by molar-refractivity contribution is -0.384. The van der Waals surface area contributed by atoms with Gasteiger partial charge in [0.05, 0.1) is 10.5 Å². The van der Waals surface area contributed by atoms with Crippen molar-refractivity contribution in [2.75, 3.05) is 6.54 Å². The van der Waals surface area contributed by atoms with Crippen LogP contribution in [0.2, 0.25) is 0 Å². The lowest BCUT2D eigenvalue weighted by Crippen LogP contribution is -2.38. The Kier molecular flexibility index (Phi) is 4.97. The number of benzene rings is 1. The lowest BCUT2D eigenvalue weighted by atomic mass is 10.1. The van der Waals surface area contributed by atoms with Gasteiger partial charge in [-0.1, -0.05) is 6.92 Å². The van der Waals surface area contributed by atoms with Crippen molar-refractivity contribution in [2.45, 2.75) is 33.2 Å². The summed E-state index contributed by atoms with van der Waals surface area (Å²) in [4.78, 5) is 23.8. The molecule has 1 unspecified atom stereocenters. The minimum absolute atomic E-state index is 0.0452. The molecule has 0 N–H and O–H groups in total. The Morgan fingerprint density at radius 3 is 2.58 bits per heavy atom. The second kappa shape index (κ2) is 6.26. The number of nitro groups is 1. The summed E-state index contributed by atoms with van der Waals surface area (Å²) in [6.45, 7) is 6.00. The topological polar surface area (TPSA) is 63.5 Å². The average Bonchev–Trinajstić information content (AvgIpc) is 2.39. The summed E-state index contributed by atoms with van der Waals surface area (Å²) < 4.78 is 13.7. The molecule has 0 saturated carbocycles. The first kappa shape index (κ1) is 15.1. The minimum Gasteiger partial charge on any atom is -0.336 e. The maximum absolute atomic E-state index is 13.7. The van der Waals surface area contributed by atoms with Crippen molar-refractivity contribution in [3.63, 3.8) is 0 Å². The fourth-order valence-corrected chi connectivity index (χ4v) is 1.82. The number of rotatable bonds is 5. The number of nitrogens with zero attached hydrogens (tertiary/aromatic N) is 2. The van der Waals surface area contributed by atoms with Gasteiger partial charge in [0.2, 0.25) is 0 Å². The molecule has 0 aliphatic heterocycles. The summed E-state index contributed by atoms with van der Waals surface area (Å²) in [5.74, 6) is -1.25. The van der Waals surface area contributed by atoms with Crippen molar-refractivity contribution in [1.29, 1.82) is 0 Å². The van der Waals surface area contributed by atoms with E-state index in [0.29, 0.717) is 6.54 Å². The molecule has 0 heterocycles. The number of amides is 1. The van der Waals surface area contributed by atoms with Crippen molar-refractivity contribution >= 4 is 11.6 Å². The van der Waals surface area contributed by atoms with Crippen molar-refractivity contribution in [2.24, 2.45) is 0 Å². The number of hydrogen-bond donors (Lipinski definition) is 0. The average molecular weight is 268 g/mol. The summed E-state index contributed by atoms with van der Waals surface area (Å²) in [5.41, 5.74) is -0.540. The summed E-state index contributed by atoms with van der Waals surface area (Å²) in [5, 5.41) is 10.7. The van der Waals surface area contributed by atoms with Crippen molar-refractivity contribution in [3.8, 4) is 0 Å². The zero-order chi connectivity index (χ0) is 14.6. The van der Waals surface area contributed by atoms with E-state index >= 15 is 0 Å². The Hall–Kier alpha value is -1.98. The van der Waals surface area contributed by atoms with Crippen LogP contribution in [-0.2, 0) is 0 Å². The highest BCUT2D eigenvalue weighted by atomic mass is 19.1. The highest BCUT2D eigenvalue weighted by Gasteiger charge is 2.23. The summed E-state index contributed by atoms with van der Waals surface area (Å²) in [7, 11) is 0. The Bertz CT molecular complexity index is 491. The van der Waals surface area contributed by atoms with Crippen LogP contribution in [0, 0.1) is 15.9 Å². The molecule has 0 fully saturated rings. The van der Waals surface area contributed by atoms with Gasteiger partial charge in [0.15, 0.2) is 0 Å². The highest BCUT2D eigenvalue weighted by molar-refractivity contribution is 5.95. The van der Waals surface area contributed by atoms with E-state index in [1.807, 2.05) is 13.8 Å². The van der Waals surface area contributed by atoms with Crippen LogP contribution in [0.1, 0.15) is 37.6 Å². The molecule has 19 heavy (non-hydrogen) atoms. The molecule has 104 valence electrons. The Morgan fingerprint density at radius 2 is 2.11 bits per heavy atom. The van der Waals surface area contributed by atoms with Crippen LogP contribution < -0.4 is 0 Å². The van der Waals surface area contributed by atoms with Crippen LogP contribution in [0.5, 0.6) is 0 Å². The number of nitro benzene ring substituents is 1. The first-order valence-corrected chi connectivity index (χ1v) is 6.17. The molecule has 0 aromatic heterocycles. The largest absolute Gasteiger partial charge is 0.336 e. The molecule has 1 rings (SSSR count). The SMILES string of the molecule is CCC(C)N(CC)C(=O)c1cc([N+](=O)[O-])ccc1F. The maximum Gasteiger partial charge on any atom is 0.270 e. The van der Waals surface area contributed by atoms with Gasteiger partial charge in [0.1, 0.15) is 5.82 Å². The third-order valence-corrected chi connectivity index (χ3v) is 3.12. The molecule has 1 aromatic rings. The Labute approximate surface area is 111 Å². The molecule has 1 amide bonds. The maximum atomic E-state index is 13.7.